The second-order valence-corrected chi connectivity index (χ2v) is 3.93. The Labute approximate surface area is 89.2 Å². The molecule has 15 heavy (non-hydrogen) atoms. The monoisotopic (exact) mass is 205 g/mol. The molecule has 1 unspecified atom stereocenters. The van der Waals surface area contributed by atoms with Crippen molar-refractivity contribution >= 4 is 11.7 Å². The molecule has 0 amide bonds. The molecule has 0 heterocycles. The topological polar surface area (TPSA) is 52.3 Å². The molecule has 0 saturated heterocycles. The van der Waals surface area contributed by atoms with E-state index < -0.39 is 0 Å². The van der Waals surface area contributed by atoms with Crippen LogP contribution in [0.3, 0.4) is 0 Å². The van der Waals surface area contributed by atoms with Crippen molar-refractivity contribution in [3.05, 3.63) is 29.3 Å². The zero-order chi connectivity index (χ0) is 10.8. The fourth-order valence-corrected chi connectivity index (χ4v) is 2.20. The molecule has 0 spiro atoms. The van der Waals surface area contributed by atoms with Gasteiger partial charge in [0.2, 0.25) is 0 Å². The molecule has 0 aromatic heterocycles. The lowest BCUT2D eigenvalue weighted by molar-refractivity contribution is -0.142. The SMILES string of the molecule is COC(=O)C1CCCc2ccc(N)cc21. The maximum atomic E-state index is 11.6. The first kappa shape index (κ1) is 10.0. The quantitative estimate of drug-likeness (QED) is 0.562. The Morgan fingerprint density at radius 1 is 1.53 bits per heavy atom. The van der Waals surface area contributed by atoms with Gasteiger partial charge in [-0.1, -0.05) is 6.07 Å². The van der Waals surface area contributed by atoms with Gasteiger partial charge >= 0.3 is 5.97 Å². The van der Waals surface area contributed by atoms with Gasteiger partial charge in [0.05, 0.1) is 13.0 Å². The molecule has 2 rings (SSSR count). The third kappa shape index (κ3) is 1.82. The summed E-state index contributed by atoms with van der Waals surface area (Å²) in [5.74, 6) is -0.274. The predicted octanol–water partition coefficient (Wildman–Crippen LogP) is 1.86. The van der Waals surface area contributed by atoms with Gasteiger partial charge < -0.3 is 10.5 Å². The van der Waals surface area contributed by atoms with Crippen LogP contribution in [0.4, 0.5) is 5.69 Å². The molecule has 1 atom stereocenters. The first-order chi connectivity index (χ1) is 7.22. The van der Waals surface area contributed by atoms with E-state index in [2.05, 4.69) is 0 Å². The van der Waals surface area contributed by atoms with Crippen LogP contribution < -0.4 is 5.73 Å². The van der Waals surface area contributed by atoms with Crippen LogP contribution in [0.2, 0.25) is 0 Å². The number of esters is 1. The molecule has 1 aromatic carbocycles. The highest BCUT2D eigenvalue weighted by Gasteiger charge is 2.27. The number of methoxy groups -OCH3 is 1. The molecule has 0 radical (unpaired) electrons. The number of carbonyl (C=O) groups excluding carboxylic acids is 1. The summed E-state index contributed by atoms with van der Waals surface area (Å²) < 4.78 is 4.81. The Kier molecular flexibility index (Phi) is 2.62. The summed E-state index contributed by atoms with van der Waals surface area (Å²) in [6, 6.07) is 5.80. The number of aryl methyl sites for hydroxylation is 1. The van der Waals surface area contributed by atoms with E-state index in [0.29, 0.717) is 5.69 Å². The molecule has 3 nitrogen and oxygen atoms in total. The Morgan fingerprint density at radius 3 is 3.07 bits per heavy atom. The number of carbonyl (C=O) groups is 1. The van der Waals surface area contributed by atoms with Gasteiger partial charge in [-0.2, -0.15) is 0 Å². The maximum absolute atomic E-state index is 11.6. The molecular weight excluding hydrogens is 190 g/mol. The maximum Gasteiger partial charge on any atom is 0.313 e. The van der Waals surface area contributed by atoms with E-state index in [4.69, 9.17) is 10.5 Å². The standard InChI is InChI=1S/C12H15NO2/c1-15-12(14)10-4-2-3-8-5-6-9(13)7-11(8)10/h5-7,10H,2-4,13H2,1H3. The molecule has 0 aliphatic heterocycles. The normalized spacial score (nSPS) is 19.4. The minimum atomic E-state index is -0.151. The highest BCUT2D eigenvalue weighted by atomic mass is 16.5. The lowest BCUT2D eigenvalue weighted by Gasteiger charge is -2.23. The molecule has 0 saturated carbocycles. The molecule has 3 heteroatoms. The Balaban J connectivity index is 2.40. The number of benzene rings is 1. The summed E-state index contributed by atoms with van der Waals surface area (Å²) >= 11 is 0. The minimum absolute atomic E-state index is 0.123. The summed E-state index contributed by atoms with van der Waals surface area (Å²) in [7, 11) is 1.43. The molecule has 0 fully saturated rings. The number of anilines is 1. The highest BCUT2D eigenvalue weighted by Crippen LogP contribution is 2.33. The van der Waals surface area contributed by atoms with Gasteiger partial charge in [-0.3, -0.25) is 4.79 Å². The second kappa shape index (κ2) is 3.93. The summed E-state index contributed by atoms with van der Waals surface area (Å²) in [6.45, 7) is 0. The zero-order valence-corrected chi connectivity index (χ0v) is 8.82. The van der Waals surface area contributed by atoms with Crippen molar-refractivity contribution in [2.75, 3.05) is 12.8 Å². The zero-order valence-electron chi connectivity index (χ0n) is 8.82. The van der Waals surface area contributed by atoms with Crippen LogP contribution in [0, 0.1) is 0 Å². The first-order valence-electron chi connectivity index (χ1n) is 5.18. The van der Waals surface area contributed by atoms with E-state index in [-0.39, 0.29) is 11.9 Å². The lowest BCUT2D eigenvalue weighted by Crippen LogP contribution is -2.19. The number of rotatable bonds is 1. The molecule has 1 aromatic rings. The average Bonchev–Trinajstić information content (AvgIpc) is 2.27. The fourth-order valence-electron chi connectivity index (χ4n) is 2.20. The van der Waals surface area contributed by atoms with Gasteiger partial charge in [0.15, 0.2) is 0 Å². The second-order valence-electron chi connectivity index (χ2n) is 3.93. The molecule has 80 valence electrons. The van der Waals surface area contributed by atoms with E-state index in [9.17, 15) is 4.79 Å². The van der Waals surface area contributed by atoms with Crippen LogP contribution in [0.1, 0.15) is 29.9 Å². The van der Waals surface area contributed by atoms with Crippen LogP contribution in [0.5, 0.6) is 0 Å². The number of ether oxygens (including phenoxy) is 1. The summed E-state index contributed by atoms with van der Waals surface area (Å²) in [5.41, 5.74) is 8.72. The molecule has 2 N–H and O–H groups in total. The predicted molar refractivity (Wildman–Crippen MR) is 58.5 cm³/mol. The van der Waals surface area contributed by atoms with Crippen molar-refractivity contribution in [1.82, 2.24) is 0 Å². The van der Waals surface area contributed by atoms with Gasteiger partial charge in [-0.25, -0.2) is 0 Å². The molecule has 0 bridgehead atoms. The Morgan fingerprint density at radius 2 is 2.33 bits per heavy atom. The van der Waals surface area contributed by atoms with Crippen LogP contribution >= 0.6 is 0 Å². The molecule has 1 aliphatic rings. The van der Waals surface area contributed by atoms with E-state index in [1.807, 2.05) is 18.2 Å². The summed E-state index contributed by atoms with van der Waals surface area (Å²) in [4.78, 5) is 11.6. The van der Waals surface area contributed by atoms with Crippen LogP contribution in [0.25, 0.3) is 0 Å². The van der Waals surface area contributed by atoms with Crippen LogP contribution in [-0.2, 0) is 16.0 Å². The molecule has 1 aliphatic carbocycles. The Hall–Kier alpha value is -1.51. The number of nitrogen functional groups attached to an aromatic ring is 1. The fraction of sp³-hybridized carbons (Fsp3) is 0.417. The van der Waals surface area contributed by atoms with Crippen LogP contribution in [0.15, 0.2) is 18.2 Å². The third-order valence-corrected chi connectivity index (χ3v) is 2.97. The summed E-state index contributed by atoms with van der Waals surface area (Å²) in [6.07, 6.45) is 2.93. The third-order valence-electron chi connectivity index (χ3n) is 2.97. The number of hydrogen-bond acceptors (Lipinski definition) is 3. The van der Waals surface area contributed by atoms with E-state index in [0.717, 1.165) is 24.8 Å². The van der Waals surface area contributed by atoms with Gasteiger partial charge in [0.1, 0.15) is 0 Å². The first-order valence-corrected chi connectivity index (χ1v) is 5.18. The van der Waals surface area contributed by atoms with E-state index in [1.54, 1.807) is 0 Å². The number of nitrogens with two attached hydrogens (primary N) is 1. The van der Waals surface area contributed by atoms with E-state index in [1.165, 1.54) is 12.7 Å². The van der Waals surface area contributed by atoms with Crippen molar-refractivity contribution in [2.24, 2.45) is 0 Å². The van der Waals surface area contributed by atoms with Gasteiger partial charge in [0.25, 0.3) is 0 Å². The highest BCUT2D eigenvalue weighted by molar-refractivity contribution is 5.79. The van der Waals surface area contributed by atoms with E-state index >= 15 is 0 Å². The Bertz CT molecular complexity index is 387. The van der Waals surface area contributed by atoms with Crippen molar-refractivity contribution in [2.45, 2.75) is 25.2 Å². The summed E-state index contributed by atoms with van der Waals surface area (Å²) in [5, 5.41) is 0. The largest absolute Gasteiger partial charge is 0.469 e. The van der Waals surface area contributed by atoms with Crippen molar-refractivity contribution < 1.29 is 9.53 Å². The van der Waals surface area contributed by atoms with Crippen molar-refractivity contribution in [1.29, 1.82) is 0 Å². The minimum Gasteiger partial charge on any atom is -0.469 e. The lowest BCUT2D eigenvalue weighted by atomic mass is 9.82. The van der Waals surface area contributed by atoms with Gasteiger partial charge in [0, 0.05) is 5.69 Å². The van der Waals surface area contributed by atoms with Gasteiger partial charge in [-0.15, -0.1) is 0 Å². The number of hydrogen-bond donors (Lipinski definition) is 1. The van der Waals surface area contributed by atoms with Gasteiger partial charge in [-0.05, 0) is 42.5 Å². The van der Waals surface area contributed by atoms with Crippen molar-refractivity contribution in [3.8, 4) is 0 Å². The number of fused-ring (bicyclic) bond motifs is 1. The smallest absolute Gasteiger partial charge is 0.313 e. The average molecular weight is 205 g/mol. The molecular formula is C12H15NO2. The van der Waals surface area contributed by atoms with Crippen molar-refractivity contribution in [3.63, 3.8) is 0 Å². The van der Waals surface area contributed by atoms with Crippen LogP contribution in [-0.4, -0.2) is 13.1 Å².